The van der Waals surface area contributed by atoms with Crippen molar-refractivity contribution in [2.24, 2.45) is 5.11 Å². The second kappa shape index (κ2) is 5.38. The van der Waals surface area contributed by atoms with Gasteiger partial charge in [0, 0.05) is 17.0 Å². The Morgan fingerprint density at radius 3 is 3.06 bits per heavy atom. The van der Waals surface area contributed by atoms with Crippen molar-refractivity contribution in [1.29, 1.82) is 0 Å². The van der Waals surface area contributed by atoms with Crippen LogP contribution in [0.25, 0.3) is 10.4 Å². The highest BCUT2D eigenvalue weighted by atomic mass is 16.2. The van der Waals surface area contributed by atoms with E-state index in [4.69, 9.17) is 5.53 Å². The minimum Gasteiger partial charge on any atom is -0.332 e. The van der Waals surface area contributed by atoms with Gasteiger partial charge in [-0.3, -0.25) is 4.79 Å². The number of amides is 1. The second-order valence-corrected chi connectivity index (χ2v) is 4.15. The molecule has 1 fully saturated rings. The molecule has 0 bridgehead atoms. The molecule has 0 saturated carbocycles. The van der Waals surface area contributed by atoms with Gasteiger partial charge in [-0.2, -0.15) is 0 Å². The fourth-order valence-corrected chi connectivity index (χ4v) is 2.23. The number of likely N-dealkylation sites (tertiary alicyclic amines) is 1. The highest BCUT2D eigenvalue weighted by Gasteiger charge is 2.28. The molecule has 0 aromatic heterocycles. The molecule has 1 atom stereocenters. The third-order valence-corrected chi connectivity index (χ3v) is 3.12. The maximum atomic E-state index is 12.4. The first-order valence-corrected chi connectivity index (χ1v) is 5.85. The molecule has 1 heterocycles. The molecule has 1 saturated heterocycles. The number of hydrogen-bond acceptors (Lipinski definition) is 2. The van der Waals surface area contributed by atoms with Crippen molar-refractivity contribution in [1.82, 2.24) is 4.90 Å². The predicted molar refractivity (Wildman–Crippen MR) is 69.5 cm³/mol. The van der Waals surface area contributed by atoms with Crippen molar-refractivity contribution in [2.45, 2.75) is 18.9 Å². The van der Waals surface area contributed by atoms with Gasteiger partial charge in [0.2, 0.25) is 0 Å². The van der Waals surface area contributed by atoms with Crippen LogP contribution in [0.1, 0.15) is 23.2 Å². The van der Waals surface area contributed by atoms with Gasteiger partial charge in [0.15, 0.2) is 0 Å². The lowest BCUT2D eigenvalue weighted by molar-refractivity contribution is 0.0762. The molecule has 1 aliphatic rings. The zero-order valence-corrected chi connectivity index (χ0v) is 9.99. The third kappa shape index (κ3) is 2.21. The minimum absolute atomic E-state index is 0.0802. The molecule has 0 spiro atoms. The Morgan fingerprint density at radius 2 is 2.33 bits per heavy atom. The van der Waals surface area contributed by atoms with Gasteiger partial charge >= 0.3 is 0 Å². The monoisotopic (exact) mass is 242 g/mol. The Hall–Kier alpha value is -2.26. The molecule has 1 aliphatic heterocycles. The highest BCUT2D eigenvalue weighted by Crippen LogP contribution is 2.25. The summed E-state index contributed by atoms with van der Waals surface area (Å²) in [6.07, 6.45) is 3.71. The van der Waals surface area contributed by atoms with Gasteiger partial charge in [-0.05, 0) is 24.4 Å². The van der Waals surface area contributed by atoms with Crippen molar-refractivity contribution >= 4 is 11.6 Å². The van der Waals surface area contributed by atoms with Gasteiger partial charge in [-0.15, -0.1) is 6.58 Å². The van der Waals surface area contributed by atoms with Gasteiger partial charge in [-0.1, -0.05) is 29.4 Å². The third-order valence-electron chi connectivity index (χ3n) is 3.12. The molecule has 2 rings (SSSR count). The van der Waals surface area contributed by atoms with Crippen LogP contribution in [0.3, 0.4) is 0 Å². The number of hydrogen-bond donors (Lipinski definition) is 0. The topological polar surface area (TPSA) is 69.1 Å². The molecule has 5 heteroatoms. The zero-order chi connectivity index (χ0) is 13.0. The maximum Gasteiger partial charge on any atom is 0.254 e. The van der Waals surface area contributed by atoms with Gasteiger partial charge < -0.3 is 4.90 Å². The molecule has 0 unspecified atom stereocenters. The quantitative estimate of drug-likeness (QED) is 0.346. The van der Waals surface area contributed by atoms with Crippen LogP contribution < -0.4 is 0 Å². The number of nitrogens with zero attached hydrogens (tertiary/aromatic N) is 4. The Kier molecular flexibility index (Phi) is 3.65. The first-order valence-electron chi connectivity index (χ1n) is 5.85. The average molecular weight is 242 g/mol. The summed E-state index contributed by atoms with van der Waals surface area (Å²) in [5, 5.41) is 3.56. The van der Waals surface area contributed by atoms with Crippen LogP contribution in [-0.4, -0.2) is 23.4 Å². The van der Waals surface area contributed by atoms with Crippen molar-refractivity contribution in [2.75, 3.05) is 6.54 Å². The van der Waals surface area contributed by atoms with Crippen LogP contribution >= 0.6 is 0 Å². The van der Waals surface area contributed by atoms with Crippen molar-refractivity contribution < 1.29 is 4.79 Å². The van der Waals surface area contributed by atoms with E-state index >= 15 is 0 Å². The Labute approximate surface area is 105 Å². The smallest absolute Gasteiger partial charge is 0.254 e. The van der Waals surface area contributed by atoms with E-state index in [2.05, 4.69) is 16.6 Å². The van der Waals surface area contributed by atoms with Crippen LogP contribution in [0.4, 0.5) is 5.69 Å². The SMILES string of the molecule is C=C[C@@H]1CCCN1C(=O)c1ccccc1N=[N+]=[N-]. The molecule has 1 aromatic rings. The molecular formula is C13H14N4O. The highest BCUT2D eigenvalue weighted by molar-refractivity contribution is 5.99. The molecule has 92 valence electrons. The maximum absolute atomic E-state index is 12.4. The summed E-state index contributed by atoms with van der Waals surface area (Å²) in [4.78, 5) is 16.9. The van der Waals surface area contributed by atoms with E-state index in [9.17, 15) is 4.79 Å². The number of benzene rings is 1. The molecule has 5 nitrogen and oxygen atoms in total. The van der Waals surface area contributed by atoms with Crippen molar-refractivity contribution in [3.05, 3.63) is 52.9 Å². The van der Waals surface area contributed by atoms with Crippen LogP contribution in [-0.2, 0) is 0 Å². The summed E-state index contributed by atoms with van der Waals surface area (Å²) in [6.45, 7) is 4.47. The van der Waals surface area contributed by atoms with E-state index < -0.39 is 0 Å². The minimum atomic E-state index is -0.0969. The fourth-order valence-electron chi connectivity index (χ4n) is 2.23. The van der Waals surface area contributed by atoms with Crippen LogP contribution in [0.2, 0.25) is 0 Å². The Bertz CT molecular complexity index is 519. The normalized spacial score (nSPS) is 18.2. The average Bonchev–Trinajstić information content (AvgIpc) is 2.87. The van der Waals surface area contributed by atoms with Gasteiger partial charge in [-0.25, -0.2) is 0 Å². The van der Waals surface area contributed by atoms with Gasteiger partial charge in [0.25, 0.3) is 5.91 Å². The van der Waals surface area contributed by atoms with E-state index in [1.165, 1.54) is 0 Å². The van der Waals surface area contributed by atoms with Crippen LogP contribution in [0.5, 0.6) is 0 Å². The summed E-state index contributed by atoms with van der Waals surface area (Å²) >= 11 is 0. The number of azide groups is 1. The molecule has 0 radical (unpaired) electrons. The molecular weight excluding hydrogens is 228 g/mol. The summed E-state index contributed by atoms with van der Waals surface area (Å²) in [7, 11) is 0. The Morgan fingerprint density at radius 1 is 1.56 bits per heavy atom. The van der Waals surface area contributed by atoms with Gasteiger partial charge in [0.1, 0.15) is 0 Å². The molecule has 0 aliphatic carbocycles. The van der Waals surface area contributed by atoms with Crippen molar-refractivity contribution in [3.63, 3.8) is 0 Å². The predicted octanol–water partition coefficient (Wildman–Crippen LogP) is 3.42. The summed E-state index contributed by atoms with van der Waals surface area (Å²) < 4.78 is 0. The number of rotatable bonds is 3. The second-order valence-electron chi connectivity index (χ2n) is 4.15. The number of carbonyl (C=O) groups is 1. The van der Waals surface area contributed by atoms with E-state index in [0.717, 1.165) is 19.4 Å². The summed E-state index contributed by atoms with van der Waals surface area (Å²) in [5.74, 6) is -0.0969. The molecule has 1 aromatic carbocycles. The lowest BCUT2D eigenvalue weighted by Crippen LogP contribution is -2.34. The molecule has 1 amide bonds. The van der Waals surface area contributed by atoms with E-state index in [0.29, 0.717) is 11.3 Å². The fraction of sp³-hybridized carbons (Fsp3) is 0.308. The number of carbonyl (C=O) groups excluding carboxylic acids is 1. The summed E-state index contributed by atoms with van der Waals surface area (Å²) in [5.41, 5.74) is 9.33. The van der Waals surface area contributed by atoms with E-state index in [1.54, 1.807) is 35.2 Å². The van der Waals surface area contributed by atoms with Crippen LogP contribution in [0, 0.1) is 0 Å². The zero-order valence-electron chi connectivity index (χ0n) is 9.99. The lowest BCUT2D eigenvalue weighted by Gasteiger charge is -2.22. The standard InChI is InChI=1S/C13H14N4O/c1-2-10-6-5-9-17(10)13(18)11-7-3-4-8-12(11)15-16-14/h2-4,7-8,10H,1,5-6,9H2/t10-/m1/s1. The largest absolute Gasteiger partial charge is 0.332 e. The Balaban J connectivity index is 2.34. The van der Waals surface area contributed by atoms with Gasteiger partial charge in [0.05, 0.1) is 11.7 Å². The van der Waals surface area contributed by atoms with Crippen LogP contribution in [0.15, 0.2) is 42.0 Å². The lowest BCUT2D eigenvalue weighted by atomic mass is 10.1. The molecule has 18 heavy (non-hydrogen) atoms. The van der Waals surface area contributed by atoms with E-state index in [-0.39, 0.29) is 11.9 Å². The summed E-state index contributed by atoms with van der Waals surface area (Å²) in [6, 6.07) is 6.92. The first-order chi connectivity index (χ1) is 8.77. The molecule has 0 N–H and O–H groups in total. The van der Waals surface area contributed by atoms with E-state index in [1.807, 2.05) is 0 Å². The first kappa shape index (κ1) is 12.2. The van der Waals surface area contributed by atoms with Crippen molar-refractivity contribution in [3.8, 4) is 0 Å².